The van der Waals surface area contributed by atoms with Gasteiger partial charge in [-0.05, 0) is 26.0 Å². The van der Waals surface area contributed by atoms with Gasteiger partial charge < -0.3 is 10.1 Å². The molecule has 1 aromatic carbocycles. The third kappa shape index (κ3) is 3.16. The van der Waals surface area contributed by atoms with Crippen LogP contribution in [0.4, 0.5) is 5.69 Å². The SMILES string of the molecule is CN1C(=S)SC(C)(C)[C@@H]1/[N+]([O-])=C/c1ccc([N+](=O)[O-])cc1. The van der Waals surface area contributed by atoms with Crippen molar-refractivity contribution in [3.8, 4) is 0 Å². The fourth-order valence-electron chi connectivity index (χ4n) is 2.29. The van der Waals surface area contributed by atoms with Crippen LogP contribution < -0.4 is 0 Å². The number of non-ortho nitro benzene ring substituents is 1. The molecule has 1 atom stereocenters. The molecule has 0 aromatic heterocycles. The molecule has 1 aliphatic rings. The summed E-state index contributed by atoms with van der Waals surface area (Å²) < 4.78 is 1.21. The molecule has 21 heavy (non-hydrogen) atoms. The maximum Gasteiger partial charge on any atom is 0.269 e. The number of benzene rings is 1. The zero-order chi connectivity index (χ0) is 15.8. The number of nitrogens with zero attached hydrogens (tertiary/aromatic N) is 3. The standard InChI is InChI=1S/C13H15N3O3S2/c1-13(2)11(14(3)12(20)21-13)15(17)8-9-4-6-10(7-5-9)16(18)19/h4-8,11H,1-3H3/b15-8-/t11-/m0/s1. The van der Waals surface area contributed by atoms with Crippen LogP contribution in [-0.4, -0.2) is 43.1 Å². The molecule has 0 bridgehead atoms. The van der Waals surface area contributed by atoms with Gasteiger partial charge in [-0.2, -0.15) is 4.74 Å². The third-order valence-corrected chi connectivity index (χ3v) is 4.99. The van der Waals surface area contributed by atoms with Crippen LogP contribution in [-0.2, 0) is 0 Å². The van der Waals surface area contributed by atoms with Crippen LogP contribution in [0.25, 0.3) is 0 Å². The van der Waals surface area contributed by atoms with Gasteiger partial charge in [0, 0.05) is 24.7 Å². The highest BCUT2D eigenvalue weighted by Crippen LogP contribution is 2.40. The van der Waals surface area contributed by atoms with E-state index in [2.05, 4.69) is 0 Å². The van der Waals surface area contributed by atoms with Gasteiger partial charge in [-0.25, -0.2) is 0 Å². The Kier molecular flexibility index (Phi) is 4.20. The molecule has 0 amide bonds. The Labute approximate surface area is 132 Å². The Bertz CT molecular complexity index is 614. The fourth-order valence-corrected chi connectivity index (χ4v) is 4.10. The van der Waals surface area contributed by atoms with Gasteiger partial charge in [0.1, 0.15) is 9.07 Å². The molecule has 112 valence electrons. The molecule has 0 saturated carbocycles. The first-order valence-electron chi connectivity index (χ1n) is 6.23. The Morgan fingerprint density at radius 1 is 1.33 bits per heavy atom. The summed E-state index contributed by atoms with van der Waals surface area (Å²) in [6.45, 7) is 3.93. The number of hydroxylamine groups is 1. The first-order valence-corrected chi connectivity index (χ1v) is 7.45. The first kappa shape index (κ1) is 15.7. The minimum atomic E-state index is -0.471. The molecular formula is C13H15N3O3S2. The molecule has 6 nitrogen and oxygen atoms in total. The molecule has 1 aliphatic heterocycles. The van der Waals surface area contributed by atoms with Crippen molar-refractivity contribution >= 4 is 40.2 Å². The monoisotopic (exact) mass is 325 g/mol. The average molecular weight is 325 g/mol. The van der Waals surface area contributed by atoms with Crippen LogP contribution in [0.2, 0.25) is 0 Å². The lowest BCUT2D eigenvalue weighted by Gasteiger charge is -2.27. The van der Waals surface area contributed by atoms with Crippen molar-refractivity contribution in [1.29, 1.82) is 0 Å². The minimum absolute atomic E-state index is 0.000327. The lowest BCUT2D eigenvalue weighted by Crippen LogP contribution is -2.46. The summed E-state index contributed by atoms with van der Waals surface area (Å²) in [4.78, 5) is 11.9. The lowest BCUT2D eigenvalue weighted by atomic mass is 10.1. The van der Waals surface area contributed by atoms with Crippen LogP contribution in [0.5, 0.6) is 0 Å². The van der Waals surface area contributed by atoms with Crippen molar-refractivity contribution in [1.82, 2.24) is 4.90 Å². The molecule has 1 aromatic rings. The van der Waals surface area contributed by atoms with E-state index < -0.39 is 11.1 Å². The van der Waals surface area contributed by atoms with Crippen LogP contribution in [0, 0.1) is 15.3 Å². The molecule has 0 spiro atoms. The Hall–Kier alpha value is -1.67. The van der Waals surface area contributed by atoms with Gasteiger partial charge in [-0.3, -0.25) is 10.1 Å². The van der Waals surface area contributed by atoms with Gasteiger partial charge in [0.05, 0.1) is 4.92 Å². The molecule has 0 radical (unpaired) electrons. The number of nitro benzene ring substituents is 1. The van der Waals surface area contributed by atoms with Gasteiger partial charge in [-0.15, -0.1) is 0 Å². The van der Waals surface area contributed by atoms with E-state index in [1.807, 2.05) is 13.8 Å². The van der Waals surface area contributed by atoms with Crippen molar-refractivity contribution in [2.45, 2.75) is 24.8 Å². The number of nitro groups is 1. The van der Waals surface area contributed by atoms with Crippen molar-refractivity contribution < 1.29 is 9.66 Å². The van der Waals surface area contributed by atoms with Crippen molar-refractivity contribution in [2.24, 2.45) is 0 Å². The first-order chi connectivity index (χ1) is 9.72. The molecule has 1 heterocycles. The largest absolute Gasteiger partial charge is 0.622 e. The van der Waals surface area contributed by atoms with Gasteiger partial charge in [0.2, 0.25) is 0 Å². The minimum Gasteiger partial charge on any atom is -0.622 e. The highest BCUT2D eigenvalue weighted by atomic mass is 32.2. The van der Waals surface area contributed by atoms with Gasteiger partial charge >= 0.3 is 0 Å². The normalized spacial score (nSPS) is 21.7. The van der Waals surface area contributed by atoms with Gasteiger partial charge in [-0.1, -0.05) is 24.0 Å². The second-order valence-electron chi connectivity index (χ2n) is 5.29. The van der Waals surface area contributed by atoms with E-state index in [-0.39, 0.29) is 10.4 Å². The third-order valence-electron chi connectivity index (χ3n) is 3.25. The summed E-state index contributed by atoms with van der Waals surface area (Å²) >= 11 is 6.72. The van der Waals surface area contributed by atoms with Crippen LogP contribution in [0.1, 0.15) is 19.4 Å². The van der Waals surface area contributed by atoms with Crippen molar-refractivity contribution in [2.75, 3.05) is 7.05 Å². The maximum absolute atomic E-state index is 12.4. The molecule has 8 heteroatoms. The predicted octanol–water partition coefficient (Wildman–Crippen LogP) is 2.59. The quantitative estimate of drug-likeness (QED) is 0.212. The van der Waals surface area contributed by atoms with Crippen molar-refractivity contribution in [3.63, 3.8) is 0 Å². The van der Waals surface area contributed by atoms with E-state index in [4.69, 9.17) is 12.2 Å². The van der Waals surface area contributed by atoms with Crippen LogP contribution in [0.15, 0.2) is 24.3 Å². The predicted molar refractivity (Wildman–Crippen MR) is 87.7 cm³/mol. The number of hydrogen-bond acceptors (Lipinski definition) is 5. The van der Waals surface area contributed by atoms with Crippen molar-refractivity contribution in [3.05, 3.63) is 45.2 Å². The topological polar surface area (TPSA) is 72.5 Å². The van der Waals surface area contributed by atoms with Gasteiger partial charge in [0.15, 0.2) is 6.21 Å². The molecule has 2 rings (SSSR count). The number of thioether (sulfide) groups is 1. The Balaban J connectivity index is 2.28. The van der Waals surface area contributed by atoms with Crippen LogP contribution >= 0.6 is 24.0 Å². The summed E-state index contributed by atoms with van der Waals surface area (Å²) in [5.41, 5.74) is 0.613. The Morgan fingerprint density at radius 2 is 1.90 bits per heavy atom. The summed E-state index contributed by atoms with van der Waals surface area (Å²) in [7, 11) is 1.79. The molecular weight excluding hydrogens is 310 g/mol. The average Bonchev–Trinajstić information content (AvgIpc) is 2.58. The van der Waals surface area contributed by atoms with Gasteiger partial charge in [0.25, 0.3) is 11.9 Å². The zero-order valence-corrected chi connectivity index (χ0v) is 13.5. The second kappa shape index (κ2) is 5.61. The lowest BCUT2D eigenvalue weighted by molar-refractivity contribution is -0.522. The fraction of sp³-hybridized carbons (Fsp3) is 0.385. The van der Waals surface area contributed by atoms with E-state index in [9.17, 15) is 15.3 Å². The zero-order valence-electron chi connectivity index (χ0n) is 11.8. The van der Waals surface area contributed by atoms with E-state index in [0.29, 0.717) is 9.88 Å². The van der Waals surface area contributed by atoms with E-state index >= 15 is 0 Å². The highest BCUT2D eigenvalue weighted by molar-refractivity contribution is 8.24. The van der Waals surface area contributed by atoms with E-state index in [0.717, 1.165) is 4.74 Å². The molecule has 0 unspecified atom stereocenters. The molecule has 1 fully saturated rings. The Morgan fingerprint density at radius 3 is 2.33 bits per heavy atom. The van der Waals surface area contributed by atoms with Crippen LogP contribution in [0.3, 0.4) is 0 Å². The number of thiocarbonyl (C=S) groups is 1. The molecule has 0 aliphatic carbocycles. The highest BCUT2D eigenvalue weighted by Gasteiger charge is 2.48. The summed E-state index contributed by atoms with van der Waals surface area (Å²) in [5.74, 6) is 0. The molecule has 1 saturated heterocycles. The summed E-state index contributed by atoms with van der Waals surface area (Å²) in [6, 6.07) is 5.86. The molecule has 0 N–H and O–H groups in total. The summed E-state index contributed by atoms with van der Waals surface area (Å²) in [5, 5.41) is 23.0. The second-order valence-corrected chi connectivity index (χ2v) is 7.58. The van der Waals surface area contributed by atoms with E-state index in [1.54, 1.807) is 24.1 Å². The summed E-state index contributed by atoms with van der Waals surface area (Å²) in [6.07, 6.45) is 1.02. The number of hydrogen-bond donors (Lipinski definition) is 0. The number of rotatable bonds is 3. The maximum atomic E-state index is 12.4. The smallest absolute Gasteiger partial charge is 0.269 e. The van der Waals surface area contributed by atoms with E-state index in [1.165, 1.54) is 30.1 Å².